The van der Waals surface area contributed by atoms with E-state index in [-0.39, 0.29) is 16.5 Å². The summed E-state index contributed by atoms with van der Waals surface area (Å²) < 4.78 is 0. The van der Waals surface area contributed by atoms with Crippen molar-refractivity contribution in [2.45, 2.75) is 0 Å². The second kappa shape index (κ2) is 1.74. The molecule has 0 bridgehead atoms. The smallest absolute Gasteiger partial charge is 0 e. The molecular weight excluding hydrogens is 96.7 g/mol. The topological polar surface area (TPSA) is 14.1 Å². The van der Waals surface area contributed by atoms with Crippen LogP contribution >= 0.6 is 0 Å². The molecule has 2 heteroatoms. The van der Waals surface area contributed by atoms with Gasteiger partial charge in [-0.2, -0.15) is 13.1 Å². The fourth-order valence-corrected chi connectivity index (χ4v) is 0. The Morgan fingerprint density at radius 1 is 1.25 bits per heavy atom. The SMILES string of the molecule is C1C[N-]1.[Ni]. The second-order valence-corrected chi connectivity index (χ2v) is 0.671. The summed E-state index contributed by atoms with van der Waals surface area (Å²) in [6.45, 7) is 2.25. The van der Waals surface area contributed by atoms with Crippen LogP contribution in [0.2, 0.25) is 0 Å². The van der Waals surface area contributed by atoms with Crippen LogP contribution in [-0.2, 0) is 16.5 Å². The maximum absolute atomic E-state index is 3.75. The molecule has 4 heavy (non-hydrogen) atoms. The fraction of sp³-hybridized carbons (Fsp3) is 1.00. The van der Waals surface area contributed by atoms with E-state index in [2.05, 4.69) is 5.32 Å². The van der Waals surface area contributed by atoms with Crippen molar-refractivity contribution in [3.63, 3.8) is 0 Å². The summed E-state index contributed by atoms with van der Waals surface area (Å²) in [5, 5.41) is 3.75. The number of rotatable bonds is 0. The van der Waals surface area contributed by atoms with Crippen molar-refractivity contribution in [2.24, 2.45) is 0 Å². The number of hydrogen-bond acceptors (Lipinski definition) is 0. The molecule has 0 amide bonds. The van der Waals surface area contributed by atoms with Crippen LogP contribution < -0.4 is 0 Å². The van der Waals surface area contributed by atoms with Gasteiger partial charge in [-0.3, -0.25) is 0 Å². The minimum atomic E-state index is 0. The summed E-state index contributed by atoms with van der Waals surface area (Å²) in [7, 11) is 0. The standard InChI is InChI=1S/C2H4N.Ni/c1-2-3-1;/h1-2H2;/q-1;. The molecule has 0 atom stereocenters. The second-order valence-electron chi connectivity index (χ2n) is 0.671. The van der Waals surface area contributed by atoms with Gasteiger partial charge in [0.25, 0.3) is 0 Å². The summed E-state index contributed by atoms with van der Waals surface area (Å²) in [4.78, 5) is 0. The van der Waals surface area contributed by atoms with Gasteiger partial charge < -0.3 is 5.32 Å². The Kier molecular flexibility index (Phi) is 1.94. The Hall–Kier alpha value is 0.454. The molecule has 0 aliphatic carbocycles. The molecule has 1 aliphatic heterocycles. The first kappa shape index (κ1) is 4.45. The molecule has 0 unspecified atom stereocenters. The maximum Gasteiger partial charge on any atom is 0 e. The van der Waals surface area contributed by atoms with Crippen LogP contribution in [0.1, 0.15) is 0 Å². The minimum absolute atomic E-state index is 0. The first-order valence-corrected chi connectivity index (χ1v) is 1.13. The predicted molar refractivity (Wildman–Crippen MR) is 13.1 cm³/mol. The average Bonchev–Trinajstić information content (AvgIpc) is 1.46. The van der Waals surface area contributed by atoms with Crippen molar-refractivity contribution in [1.29, 1.82) is 0 Å². The largest absolute Gasteiger partial charge is 0.665 e. The van der Waals surface area contributed by atoms with Gasteiger partial charge >= 0.3 is 0 Å². The summed E-state index contributed by atoms with van der Waals surface area (Å²) in [6.07, 6.45) is 0. The summed E-state index contributed by atoms with van der Waals surface area (Å²) in [5.41, 5.74) is 0. The molecule has 0 saturated carbocycles. The first-order chi connectivity index (χ1) is 1.50. The number of nitrogens with zero attached hydrogens (tertiary/aromatic N) is 1. The van der Waals surface area contributed by atoms with E-state index in [0.29, 0.717) is 0 Å². The quantitative estimate of drug-likeness (QED) is 0.309. The molecule has 1 fully saturated rings. The monoisotopic (exact) mass is 100.0 g/mol. The normalized spacial score (nSPS) is 18.0. The van der Waals surface area contributed by atoms with Gasteiger partial charge in [-0.1, -0.05) is 0 Å². The molecule has 0 radical (unpaired) electrons. The van der Waals surface area contributed by atoms with E-state index < -0.39 is 0 Å². The Morgan fingerprint density at radius 3 is 1.50 bits per heavy atom. The third-order valence-electron chi connectivity index (χ3n) is 0.224. The van der Waals surface area contributed by atoms with Gasteiger partial charge in [-0.15, -0.1) is 0 Å². The zero-order chi connectivity index (χ0) is 2.12. The van der Waals surface area contributed by atoms with Crippen LogP contribution in [0.3, 0.4) is 0 Å². The predicted octanol–water partition coefficient (Wildman–Crippen LogP) is 0.371. The third-order valence-corrected chi connectivity index (χ3v) is 0.224. The first-order valence-electron chi connectivity index (χ1n) is 1.13. The van der Waals surface area contributed by atoms with E-state index in [9.17, 15) is 0 Å². The Morgan fingerprint density at radius 2 is 1.50 bits per heavy atom. The van der Waals surface area contributed by atoms with Crippen LogP contribution in [0, 0.1) is 0 Å². The molecule has 1 aliphatic rings. The van der Waals surface area contributed by atoms with Crippen molar-refractivity contribution in [3.05, 3.63) is 5.32 Å². The van der Waals surface area contributed by atoms with Crippen molar-refractivity contribution in [2.75, 3.05) is 13.1 Å². The van der Waals surface area contributed by atoms with E-state index in [1.165, 1.54) is 0 Å². The molecule has 1 heterocycles. The van der Waals surface area contributed by atoms with Crippen LogP contribution in [0.5, 0.6) is 0 Å². The molecule has 0 aromatic heterocycles. The van der Waals surface area contributed by atoms with E-state index in [1.54, 1.807) is 0 Å². The molecule has 1 saturated heterocycles. The van der Waals surface area contributed by atoms with Crippen molar-refractivity contribution in [3.8, 4) is 0 Å². The van der Waals surface area contributed by atoms with E-state index in [0.717, 1.165) is 13.1 Å². The third kappa shape index (κ3) is 2.45. The van der Waals surface area contributed by atoms with Gasteiger partial charge in [0.15, 0.2) is 0 Å². The molecule has 1 rings (SSSR count). The van der Waals surface area contributed by atoms with E-state index in [4.69, 9.17) is 0 Å². The van der Waals surface area contributed by atoms with Gasteiger partial charge in [-0.25, -0.2) is 0 Å². The van der Waals surface area contributed by atoms with Gasteiger partial charge in [0.1, 0.15) is 0 Å². The molecule has 0 aromatic rings. The summed E-state index contributed by atoms with van der Waals surface area (Å²) in [6, 6.07) is 0. The van der Waals surface area contributed by atoms with Gasteiger partial charge in [-0.05, 0) is 0 Å². The summed E-state index contributed by atoms with van der Waals surface area (Å²) >= 11 is 0. The average molecular weight is 101 g/mol. The van der Waals surface area contributed by atoms with Crippen LogP contribution in [0.15, 0.2) is 0 Å². The number of hydrogen-bond donors (Lipinski definition) is 0. The Labute approximate surface area is 35.7 Å². The minimum Gasteiger partial charge on any atom is -0.665 e. The molecule has 0 aromatic carbocycles. The van der Waals surface area contributed by atoms with Crippen molar-refractivity contribution >= 4 is 0 Å². The Bertz CT molecular complexity index is 10.8. The zero-order valence-corrected chi connectivity index (χ0v) is 3.17. The maximum atomic E-state index is 3.75. The fourth-order valence-electron chi connectivity index (χ4n) is 0. The van der Waals surface area contributed by atoms with Crippen molar-refractivity contribution < 1.29 is 16.5 Å². The Balaban J connectivity index is 0.0000000900. The molecule has 0 spiro atoms. The molecule has 1 nitrogen and oxygen atoms in total. The zero-order valence-electron chi connectivity index (χ0n) is 2.18. The van der Waals surface area contributed by atoms with Crippen LogP contribution in [0.4, 0.5) is 0 Å². The van der Waals surface area contributed by atoms with Gasteiger partial charge in [0.2, 0.25) is 0 Å². The summed E-state index contributed by atoms with van der Waals surface area (Å²) in [5.74, 6) is 0. The van der Waals surface area contributed by atoms with Crippen LogP contribution in [-0.4, -0.2) is 13.1 Å². The molecule has 0 N–H and O–H groups in total. The van der Waals surface area contributed by atoms with Gasteiger partial charge in [0.05, 0.1) is 0 Å². The van der Waals surface area contributed by atoms with Crippen molar-refractivity contribution in [1.82, 2.24) is 0 Å². The van der Waals surface area contributed by atoms with E-state index >= 15 is 0 Å². The molecular formula is C2H4NNi-. The van der Waals surface area contributed by atoms with E-state index in [1.807, 2.05) is 0 Å². The van der Waals surface area contributed by atoms with Crippen LogP contribution in [0.25, 0.3) is 5.32 Å². The van der Waals surface area contributed by atoms with Gasteiger partial charge in [0, 0.05) is 16.5 Å². The molecule has 28 valence electrons.